The third-order valence-electron chi connectivity index (χ3n) is 6.50. The Bertz CT molecular complexity index is 1120. The molecule has 5 nitrogen and oxygen atoms in total. The van der Waals surface area contributed by atoms with Gasteiger partial charge in [0.2, 0.25) is 0 Å². The molecule has 30 heavy (non-hydrogen) atoms. The van der Waals surface area contributed by atoms with Gasteiger partial charge in [-0.3, -0.25) is 4.79 Å². The molecule has 2 N–H and O–H groups in total. The van der Waals surface area contributed by atoms with Crippen LogP contribution in [-0.2, 0) is 39.4 Å². The van der Waals surface area contributed by atoms with Crippen molar-refractivity contribution in [2.75, 3.05) is 5.75 Å². The Kier molecular flexibility index (Phi) is 5.10. The fraction of sp³-hybridized carbons (Fsp3) is 0.542. The minimum atomic E-state index is -3.44. The fourth-order valence-corrected chi connectivity index (χ4v) is 5.70. The molecule has 0 aliphatic heterocycles. The summed E-state index contributed by atoms with van der Waals surface area (Å²) in [4.78, 5) is 13.0. The highest BCUT2D eigenvalue weighted by Gasteiger charge is 2.32. The molecule has 6 heteroatoms. The molecule has 2 aliphatic rings. The quantitative estimate of drug-likeness (QED) is 0.633. The maximum absolute atomic E-state index is 13.0. The van der Waals surface area contributed by atoms with E-state index < -0.39 is 21.1 Å². The molecule has 0 amide bonds. The number of carbonyl (C=O) groups is 1. The van der Waals surface area contributed by atoms with Gasteiger partial charge in [-0.25, -0.2) is 8.99 Å². The van der Waals surface area contributed by atoms with Gasteiger partial charge in [-0.2, -0.15) is 0 Å². The molecule has 0 spiro atoms. The van der Waals surface area contributed by atoms with Crippen molar-refractivity contribution in [3.8, 4) is 0 Å². The van der Waals surface area contributed by atoms with Crippen LogP contribution in [0, 0.1) is 10.7 Å². The molecule has 2 aromatic rings. The number of Topliss-reactive ketones (excluding diaryl/α,β-unsaturated/α-hetero) is 1. The second-order valence-corrected chi connectivity index (χ2v) is 11.4. The van der Waals surface area contributed by atoms with E-state index in [-0.39, 0.29) is 17.3 Å². The van der Waals surface area contributed by atoms with Crippen molar-refractivity contribution in [2.45, 2.75) is 75.9 Å². The molecular weight excluding hydrogens is 398 g/mol. The van der Waals surface area contributed by atoms with Crippen molar-refractivity contribution >= 4 is 15.5 Å². The Balaban J connectivity index is 1.60. The minimum absolute atomic E-state index is 0.0729. The van der Waals surface area contributed by atoms with Crippen LogP contribution in [0.4, 0.5) is 0 Å². The Morgan fingerprint density at radius 2 is 2.17 bits per heavy atom. The molecule has 1 fully saturated rings. The Labute approximate surface area is 180 Å². The summed E-state index contributed by atoms with van der Waals surface area (Å²) >= 11 is 0. The first-order valence-corrected chi connectivity index (χ1v) is 12.4. The first kappa shape index (κ1) is 20.0. The highest BCUT2D eigenvalue weighted by Crippen LogP contribution is 2.44. The van der Waals surface area contributed by atoms with Crippen LogP contribution in [0.5, 0.6) is 0 Å². The molecule has 2 atom stereocenters. The maximum atomic E-state index is 13.0. The van der Waals surface area contributed by atoms with Crippen LogP contribution in [0.2, 0.25) is 0 Å². The van der Waals surface area contributed by atoms with Crippen LogP contribution < -0.4 is 0 Å². The van der Waals surface area contributed by atoms with Gasteiger partial charge in [0.15, 0.2) is 10.9 Å². The standard InChI is InChI=1S/C24H31NO4S/c1-15(16-7-8-16)20-10-9-17-5-4-6-21(17)22(20)12-19(26)14-30(25,28)23-11-18(13-29-23)24(2,3)27/h9-11,13,15-16,25,27H,4-8,12,14H2,1-3H3/t15-,30+/m0/s1/i9D. The third kappa shape index (κ3) is 4.26. The molecule has 0 unspecified atom stereocenters. The zero-order chi connectivity index (χ0) is 22.6. The smallest absolute Gasteiger partial charge is 0.199 e. The lowest BCUT2D eigenvalue weighted by molar-refractivity contribution is -0.116. The van der Waals surface area contributed by atoms with Crippen molar-refractivity contribution < 1.29 is 19.9 Å². The van der Waals surface area contributed by atoms with E-state index in [4.69, 9.17) is 10.6 Å². The average Bonchev–Trinajstić information content (AvgIpc) is 3.17. The topological polar surface area (TPSA) is 91.4 Å². The summed E-state index contributed by atoms with van der Waals surface area (Å²) in [7, 11) is -3.44. The van der Waals surface area contributed by atoms with E-state index in [1.54, 1.807) is 13.8 Å². The SMILES string of the molecule is [2H]c1cc([C@@H](C)C2CC2)c(CC(=O)C[S@@](=N)(=O)c2cc(C(C)(C)O)co2)c2c1CCC2. The third-order valence-corrected chi connectivity index (χ3v) is 8.09. The Morgan fingerprint density at radius 3 is 2.80 bits per heavy atom. The zero-order valence-electron chi connectivity index (χ0n) is 18.9. The molecule has 0 saturated heterocycles. The maximum Gasteiger partial charge on any atom is 0.199 e. The number of hydrogen-bond acceptors (Lipinski definition) is 5. The van der Waals surface area contributed by atoms with Gasteiger partial charge in [-0.15, -0.1) is 0 Å². The van der Waals surface area contributed by atoms with Crippen molar-refractivity contribution in [3.63, 3.8) is 0 Å². The van der Waals surface area contributed by atoms with Crippen LogP contribution in [-0.4, -0.2) is 20.9 Å². The number of ketones is 1. The number of carbonyl (C=O) groups excluding carboxylic acids is 1. The number of furan rings is 1. The largest absolute Gasteiger partial charge is 0.454 e. The van der Waals surface area contributed by atoms with E-state index in [1.807, 2.05) is 6.07 Å². The van der Waals surface area contributed by atoms with Gasteiger partial charge in [0, 0.05) is 18.1 Å². The molecule has 1 saturated carbocycles. The van der Waals surface area contributed by atoms with Crippen LogP contribution >= 0.6 is 0 Å². The second-order valence-electron chi connectivity index (χ2n) is 9.41. The fourth-order valence-electron chi connectivity index (χ4n) is 4.48. The number of hydrogen-bond donors (Lipinski definition) is 2. The van der Waals surface area contributed by atoms with Crippen molar-refractivity contribution in [1.29, 1.82) is 4.78 Å². The summed E-state index contributed by atoms with van der Waals surface area (Å²) in [6.45, 7) is 5.34. The van der Waals surface area contributed by atoms with Gasteiger partial charge in [-0.1, -0.05) is 19.0 Å². The number of aliphatic hydroxyl groups is 1. The first-order valence-electron chi connectivity index (χ1n) is 11.2. The number of fused-ring (bicyclic) bond motifs is 1. The van der Waals surface area contributed by atoms with Gasteiger partial charge in [-0.05, 0) is 80.0 Å². The van der Waals surface area contributed by atoms with E-state index in [1.165, 1.54) is 25.2 Å². The average molecular weight is 431 g/mol. The van der Waals surface area contributed by atoms with Crippen LogP contribution in [0.3, 0.4) is 0 Å². The van der Waals surface area contributed by atoms with Crippen LogP contribution in [0.25, 0.3) is 0 Å². The van der Waals surface area contributed by atoms with Gasteiger partial charge >= 0.3 is 0 Å². The molecule has 2 aliphatic carbocycles. The summed E-state index contributed by atoms with van der Waals surface area (Å²) in [5.74, 6) is 0.242. The predicted octanol–water partition coefficient (Wildman–Crippen LogP) is 4.73. The van der Waals surface area contributed by atoms with E-state index in [0.29, 0.717) is 23.4 Å². The molecule has 0 radical (unpaired) electrons. The van der Waals surface area contributed by atoms with Crippen LogP contribution in [0.1, 0.15) is 75.1 Å². The number of nitrogens with one attached hydrogen (secondary N) is 1. The Hall–Kier alpha value is -1.92. The lowest BCUT2D eigenvalue weighted by Crippen LogP contribution is -2.19. The molecule has 1 aromatic carbocycles. The van der Waals surface area contributed by atoms with Gasteiger partial charge < -0.3 is 9.52 Å². The summed E-state index contributed by atoms with van der Waals surface area (Å²) in [5, 5.41) is 10.0. The zero-order valence-corrected chi connectivity index (χ0v) is 18.7. The molecule has 4 rings (SSSR count). The van der Waals surface area contributed by atoms with Crippen molar-refractivity contribution in [1.82, 2.24) is 0 Å². The Morgan fingerprint density at radius 1 is 1.43 bits per heavy atom. The van der Waals surface area contributed by atoms with Crippen molar-refractivity contribution in [3.05, 3.63) is 52.3 Å². The summed E-state index contributed by atoms with van der Waals surface area (Å²) in [6.07, 6.45) is 6.54. The summed E-state index contributed by atoms with van der Waals surface area (Å²) < 4.78 is 35.0. The van der Waals surface area contributed by atoms with E-state index in [0.717, 1.165) is 41.5 Å². The normalized spacial score (nSPS) is 19.8. The molecule has 162 valence electrons. The highest BCUT2D eigenvalue weighted by molar-refractivity contribution is 7.93. The first-order chi connectivity index (χ1) is 14.5. The van der Waals surface area contributed by atoms with Gasteiger partial charge in [0.1, 0.15) is 9.73 Å². The van der Waals surface area contributed by atoms with Gasteiger partial charge in [0.25, 0.3) is 0 Å². The minimum Gasteiger partial charge on any atom is -0.454 e. The lowest BCUT2D eigenvalue weighted by atomic mass is 9.86. The molecule has 1 aromatic heterocycles. The van der Waals surface area contributed by atoms with Crippen LogP contribution in [0.15, 0.2) is 33.9 Å². The lowest BCUT2D eigenvalue weighted by Gasteiger charge is -2.19. The second kappa shape index (κ2) is 7.65. The van der Waals surface area contributed by atoms with Crippen molar-refractivity contribution in [2.24, 2.45) is 5.92 Å². The highest BCUT2D eigenvalue weighted by atomic mass is 32.2. The molecule has 0 bridgehead atoms. The summed E-state index contributed by atoms with van der Waals surface area (Å²) in [6, 6.07) is 3.93. The van der Waals surface area contributed by atoms with E-state index in [9.17, 15) is 14.1 Å². The predicted molar refractivity (Wildman–Crippen MR) is 116 cm³/mol. The molecular formula is C24H31NO4S. The number of benzene rings is 1. The molecule has 1 heterocycles. The van der Waals surface area contributed by atoms with E-state index >= 15 is 0 Å². The summed E-state index contributed by atoms with van der Waals surface area (Å²) in [5.41, 5.74) is 3.51. The number of rotatable bonds is 8. The monoisotopic (exact) mass is 430 g/mol. The van der Waals surface area contributed by atoms with Gasteiger partial charge in [0.05, 0.1) is 19.0 Å². The van der Waals surface area contributed by atoms with E-state index in [2.05, 4.69) is 6.92 Å².